The Bertz CT molecular complexity index is 866. The van der Waals surface area contributed by atoms with Crippen LogP contribution in [0.2, 0.25) is 0 Å². The van der Waals surface area contributed by atoms with Crippen molar-refractivity contribution in [1.29, 1.82) is 0 Å². The van der Waals surface area contributed by atoms with Crippen LogP contribution in [0.1, 0.15) is 10.4 Å². The Labute approximate surface area is 138 Å². The number of hydrogen-bond donors (Lipinski definition) is 2. The van der Waals surface area contributed by atoms with Gasteiger partial charge in [-0.25, -0.2) is 0 Å². The van der Waals surface area contributed by atoms with Gasteiger partial charge in [0.1, 0.15) is 5.75 Å². The van der Waals surface area contributed by atoms with E-state index in [2.05, 4.69) is 15.8 Å². The second-order valence-corrected chi connectivity index (χ2v) is 5.04. The maximum Gasteiger partial charge on any atom is 0.276 e. The third-order valence-corrected chi connectivity index (χ3v) is 3.33. The summed E-state index contributed by atoms with van der Waals surface area (Å²) < 4.78 is 5.44. The molecule has 0 saturated carbocycles. The zero-order valence-corrected chi connectivity index (χ0v) is 12.7. The fourth-order valence-electron chi connectivity index (χ4n) is 2.14. The number of rotatable bonds is 4. The minimum atomic E-state index is -0.458. The first-order chi connectivity index (χ1) is 11.7. The fraction of sp³-hybridized carbons (Fsp3) is 0.0556. The number of aromatic nitrogens is 1. The van der Waals surface area contributed by atoms with Gasteiger partial charge in [0.2, 0.25) is 0 Å². The van der Waals surface area contributed by atoms with Crippen molar-refractivity contribution in [2.75, 3.05) is 6.61 Å². The molecule has 3 aromatic rings. The van der Waals surface area contributed by atoms with Gasteiger partial charge in [-0.2, -0.15) is 0 Å². The largest absolute Gasteiger partial charge is 0.484 e. The van der Waals surface area contributed by atoms with E-state index in [-0.39, 0.29) is 6.61 Å². The van der Waals surface area contributed by atoms with E-state index in [9.17, 15) is 9.59 Å². The normalized spacial score (nSPS) is 10.2. The topological polar surface area (TPSA) is 80.3 Å². The summed E-state index contributed by atoms with van der Waals surface area (Å²) in [5.41, 5.74) is 4.96. The molecule has 6 heteroatoms. The summed E-state index contributed by atoms with van der Waals surface area (Å²) in [6, 6.07) is 16.7. The highest BCUT2D eigenvalue weighted by Crippen LogP contribution is 2.20. The van der Waals surface area contributed by atoms with Crippen LogP contribution in [0, 0.1) is 0 Å². The van der Waals surface area contributed by atoms with E-state index in [4.69, 9.17) is 4.74 Å². The lowest BCUT2D eigenvalue weighted by Crippen LogP contribution is -2.43. The predicted molar refractivity (Wildman–Crippen MR) is 89.3 cm³/mol. The number of nitrogens with zero attached hydrogens (tertiary/aromatic N) is 1. The third-order valence-electron chi connectivity index (χ3n) is 3.33. The molecule has 6 nitrogen and oxygen atoms in total. The molecular formula is C18H15N3O3. The van der Waals surface area contributed by atoms with Crippen LogP contribution in [0.25, 0.3) is 10.8 Å². The van der Waals surface area contributed by atoms with Crippen LogP contribution in [-0.2, 0) is 4.79 Å². The van der Waals surface area contributed by atoms with Gasteiger partial charge in [-0.3, -0.25) is 25.4 Å². The summed E-state index contributed by atoms with van der Waals surface area (Å²) in [5, 5.41) is 2.12. The van der Waals surface area contributed by atoms with E-state index in [0.717, 1.165) is 10.8 Å². The van der Waals surface area contributed by atoms with Gasteiger partial charge in [0.25, 0.3) is 11.8 Å². The monoisotopic (exact) mass is 321 g/mol. The SMILES string of the molecule is O=C(COc1ccc2ccccc2c1)NNC(=O)c1cccnc1. The van der Waals surface area contributed by atoms with Crippen molar-refractivity contribution in [2.24, 2.45) is 0 Å². The summed E-state index contributed by atoms with van der Waals surface area (Å²) in [7, 11) is 0. The smallest absolute Gasteiger partial charge is 0.276 e. The molecule has 1 aromatic heterocycles. The number of hydrazine groups is 1. The number of pyridine rings is 1. The van der Waals surface area contributed by atoms with E-state index in [0.29, 0.717) is 11.3 Å². The van der Waals surface area contributed by atoms with Crippen molar-refractivity contribution in [2.45, 2.75) is 0 Å². The summed E-state index contributed by atoms with van der Waals surface area (Å²) in [4.78, 5) is 27.3. The molecule has 0 radical (unpaired) electrons. The first-order valence-corrected chi connectivity index (χ1v) is 7.33. The van der Waals surface area contributed by atoms with Gasteiger partial charge in [0.15, 0.2) is 6.61 Å². The highest BCUT2D eigenvalue weighted by atomic mass is 16.5. The number of benzene rings is 2. The number of nitrogens with one attached hydrogen (secondary N) is 2. The number of carbonyl (C=O) groups excluding carboxylic acids is 2. The van der Waals surface area contributed by atoms with Crippen LogP contribution >= 0.6 is 0 Å². The average Bonchev–Trinajstić information content (AvgIpc) is 2.65. The van der Waals surface area contributed by atoms with Crippen LogP contribution < -0.4 is 15.6 Å². The van der Waals surface area contributed by atoms with Crippen LogP contribution in [0.4, 0.5) is 0 Å². The van der Waals surface area contributed by atoms with Crippen molar-refractivity contribution < 1.29 is 14.3 Å². The quantitative estimate of drug-likeness (QED) is 0.721. The van der Waals surface area contributed by atoms with Gasteiger partial charge < -0.3 is 4.74 Å². The summed E-state index contributed by atoms with van der Waals surface area (Å²) in [5.74, 6) is -0.315. The maximum atomic E-state index is 11.8. The molecule has 24 heavy (non-hydrogen) atoms. The zero-order chi connectivity index (χ0) is 16.8. The summed E-state index contributed by atoms with van der Waals surface area (Å²) in [6.07, 6.45) is 2.97. The van der Waals surface area contributed by atoms with Gasteiger partial charge >= 0.3 is 0 Å². The first kappa shape index (κ1) is 15.5. The lowest BCUT2D eigenvalue weighted by atomic mass is 10.1. The average molecular weight is 321 g/mol. The lowest BCUT2D eigenvalue weighted by Gasteiger charge is -2.09. The molecule has 0 unspecified atom stereocenters. The number of ether oxygens (including phenoxy) is 1. The number of fused-ring (bicyclic) bond motifs is 1. The standard InChI is InChI=1S/C18H15N3O3/c22-17(20-21-18(23)15-6-3-9-19-11-15)12-24-16-8-7-13-4-1-2-5-14(13)10-16/h1-11H,12H2,(H,20,22)(H,21,23). The first-order valence-electron chi connectivity index (χ1n) is 7.33. The van der Waals surface area contributed by atoms with E-state index in [1.165, 1.54) is 6.20 Å². The maximum absolute atomic E-state index is 11.8. The Balaban J connectivity index is 1.50. The van der Waals surface area contributed by atoms with E-state index in [1.54, 1.807) is 24.4 Å². The molecule has 0 bridgehead atoms. The molecule has 0 atom stereocenters. The molecule has 120 valence electrons. The molecule has 0 fully saturated rings. The fourth-order valence-corrected chi connectivity index (χ4v) is 2.14. The number of amides is 2. The van der Waals surface area contributed by atoms with Crippen LogP contribution in [0.5, 0.6) is 5.75 Å². The molecule has 0 aliphatic carbocycles. The Morgan fingerprint density at radius 1 is 0.958 bits per heavy atom. The number of hydrogen-bond acceptors (Lipinski definition) is 4. The lowest BCUT2D eigenvalue weighted by molar-refractivity contribution is -0.123. The van der Waals surface area contributed by atoms with Gasteiger partial charge in [-0.15, -0.1) is 0 Å². The Hall–Kier alpha value is -3.41. The minimum absolute atomic E-state index is 0.203. The number of carbonyl (C=O) groups is 2. The highest BCUT2D eigenvalue weighted by molar-refractivity contribution is 5.95. The zero-order valence-electron chi connectivity index (χ0n) is 12.7. The second kappa shape index (κ2) is 7.23. The molecule has 0 spiro atoms. The molecule has 0 aliphatic heterocycles. The van der Waals surface area contributed by atoms with Crippen molar-refractivity contribution in [3.8, 4) is 5.75 Å². The van der Waals surface area contributed by atoms with E-state index in [1.807, 2.05) is 36.4 Å². The van der Waals surface area contributed by atoms with Gasteiger partial charge in [-0.1, -0.05) is 30.3 Å². The molecule has 0 saturated heterocycles. The van der Waals surface area contributed by atoms with Crippen LogP contribution in [0.3, 0.4) is 0 Å². The third kappa shape index (κ3) is 3.86. The summed E-state index contributed by atoms with van der Waals surface area (Å²) >= 11 is 0. The van der Waals surface area contributed by atoms with Crippen molar-refractivity contribution >= 4 is 22.6 Å². The van der Waals surface area contributed by atoms with Crippen molar-refractivity contribution in [3.63, 3.8) is 0 Å². The van der Waals surface area contributed by atoms with Gasteiger partial charge in [0.05, 0.1) is 5.56 Å². The molecule has 1 heterocycles. The Morgan fingerprint density at radius 3 is 2.58 bits per heavy atom. The molecular weight excluding hydrogens is 306 g/mol. The van der Waals surface area contributed by atoms with Crippen molar-refractivity contribution in [1.82, 2.24) is 15.8 Å². The highest BCUT2D eigenvalue weighted by Gasteiger charge is 2.08. The van der Waals surface area contributed by atoms with Crippen molar-refractivity contribution in [3.05, 3.63) is 72.6 Å². The molecule has 0 aliphatic rings. The van der Waals surface area contributed by atoms with Gasteiger partial charge in [0, 0.05) is 12.4 Å². The van der Waals surface area contributed by atoms with Crippen LogP contribution in [0.15, 0.2) is 67.0 Å². The molecule has 2 N–H and O–H groups in total. The van der Waals surface area contributed by atoms with Crippen LogP contribution in [-0.4, -0.2) is 23.4 Å². The molecule has 2 amide bonds. The van der Waals surface area contributed by atoms with E-state index < -0.39 is 11.8 Å². The predicted octanol–water partition coefficient (Wildman–Crippen LogP) is 2.07. The van der Waals surface area contributed by atoms with Gasteiger partial charge in [-0.05, 0) is 35.0 Å². The Morgan fingerprint density at radius 2 is 1.79 bits per heavy atom. The molecule has 3 rings (SSSR count). The summed E-state index contributed by atoms with van der Waals surface area (Å²) in [6.45, 7) is -0.203. The van der Waals surface area contributed by atoms with E-state index >= 15 is 0 Å². The second-order valence-electron chi connectivity index (χ2n) is 5.04. The Kier molecular flexibility index (Phi) is 4.67. The minimum Gasteiger partial charge on any atom is -0.484 e. The molecule has 2 aromatic carbocycles.